The number of likely N-dealkylation sites (N-methyl/N-ethyl adjacent to an activating group) is 1. The van der Waals surface area contributed by atoms with Gasteiger partial charge in [0.25, 0.3) is 0 Å². The summed E-state index contributed by atoms with van der Waals surface area (Å²) in [6, 6.07) is 13.2. The molecular formula is C29H34N6O3. The van der Waals surface area contributed by atoms with Crippen molar-refractivity contribution in [2.24, 2.45) is 0 Å². The molecule has 198 valence electrons. The summed E-state index contributed by atoms with van der Waals surface area (Å²) in [6.07, 6.45) is 3.51. The van der Waals surface area contributed by atoms with Gasteiger partial charge in [0.2, 0.25) is 11.8 Å². The Morgan fingerprint density at radius 1 is 0.947 bits per heavy atom. The average molecular weight is 515 g/mol. The van der Waals surface area contributed by atoms with Gasteiger partial charge in [-0.15, -0.1) is 0 Å². The monoisotopic (exact) mass is 514 g/mol. The number of aromatic nitrogens is 2. The van der Waals surface area contributed by atoms with E-state index in [2.05, 4.69) is 53.1 Å². The first-order chi connectivity index (χ1) is 18.4. The lowest BCUT2D eigenvalue weighted by Gasteiger charge is -2.38. The Bertz CT molecular complexity index is 1390. The number of carbonyl (C=O) groups is 2. The molecule has 0 bridgehead atoms. The second-order valence-corrected chi connectivity index (χ2v) is 9.96. The van der Waals surface area contributed by atoms with Crippen molar-refractivity contribution < 1.29 is 14.3 Å². The molecule has 5 rings (SSSR count). The van der Waals surface area contributed by atoms with E-state index in [1.165, 1.54) is 39.1 Å². The smallest absolute Gasteiger partial charge is 0.318 e. The van der Waals surface area contributed by atoms with Gasteiger partial charge in [-0.1, -0.05) is 30.3 Å². The van der Waals surface area contributed by atoms with Crippen LogP contribution in [0, 0.1) is 6.92 Å². The summed E-state index contributed by atoms with van der Waals surface area (Å²) in [7, 11) is 4.92. The molecule has 1 aromatic heterocycles. The minimum Gasteiger partial charge on any atom is -0.467 e. The molecule has 3 heterocycles. The van der Waals surface area contributed by atoms with Gasteiger partial charge in [0, 0.05) is 75.6 Å². The molecule has 2 amide bonds. The van der Waals surface area contributed by atoms with Crippen LogP contribution >= 0.6 is 0 Å². The van der Waals surface area contributed by atoms with Crippen LogP contribution < -0.4 is 14.5 Å². The minimum absolute atomic E-state index is 0.150. The molecule has 0 N–H and O–H groups in total. The number of amides is 2. The molecule has 3 aromatic rings. The van der Waals surface area contributed by atoms with E-state index in [1.54, 1.807) is 26.1 Å². The molecule has 38 heavy (non-hydrogen) atoms. The lowest BCUT2D eigenvalue weighted by atomic mass is 9.99. The third kappa shape index (κ3) is 5.01. The van der Waals surface area contributed by atoms with E-state index >= 15 is 0 Å². The number of carbonyl (C=O) groups excluding carboxylic acids is 2. The van der Waals surface area contributed by atoms with E-state index in [-0.39, 0.29) is 11.8 Å². The van der Waals surface area contributed by atoms with Gasteiger partial charge >= 0.3 is 6.01 Å². The highest BCUT2D eigenvalue weighted by Crippen LogP contribution is 2.35. The summed E-state index contributed by atoms with van der Waals surface area (Å²) in [5, 5.41) is 2.52. The van der Waals surface area contributed by atoms with Crippen LogP contribution in [-0.4, -0.2) is 85.5 Å². The molecule has 1 saturated heterocycles. The fourth-order valence-electron chi connectivity index (χ4n) is 5.25. The van der Waals surface area contributed by atoms with Crippen molar-refractivity contribution in [2.75, 3.05) is 63.7 Å². The van der Waals surface area contributed by atoms with Gasteiger partial charge in [-0.05, 0) is 30.4 Å². The molecule has 2 aliphatic heterocycles. The third-order valence-electron chi connectivity index (χ3n) is 7.34. The highest BCUT2D eigenvalue weighted by molar-refractivity contribution is 5.97. The summed E-state index contributed by atoms with van der Waals surface area (Å²) < 4.78 is 5.50. The van der Waals surface area contributed by atoms with Gasteiger partial charge in [0.15, 0.2) is 0 Å². The van der Waals surface area contributed by atoms with E-state index in [1.807, 2.05) is 0 Å². The third-order valence-corrected chi connectivity index (χ3v) is 7.34. The van der Waals surface area contributed by atoms with Crippen LogP contribution in [0.15, 0.2) is 48.6 Å². The molecule has 9 heteroatoms. The van der Waals surface area contributed by atoms with Crippen LogP contribution in [0.5, 0.6) is 6.01 Å². The van der Waals surface area contributed by atoms with Crippen LogP contribution in [0.4, 0.5) is 11.5 Å². The first kappa shape index (κ1) is 25.5. The fraction of sp³-hybridized carbons (Fsp3) is 0.379. The number of aryl methyl sites for hydroxylation is 1. The first-order valence-electron chi connectivity index (χ1n) is 13.0. The zero-order valence-electron chi connectivity index (χ0n) is 22.5. The second-order valence-electron chi connectivity index (χ2n) is 9.96. The number of methoxy groups -OCH3 is 1. The summed E-state index contributed by atoms with van der Waals surface area (Å²) in [5.41, 5.74) is 4.61. The normalized spacial score (nSPS) is 15.6. The van der Waals surface area contributed by atoms with Gasteiger partial charge in [-0.25, -0.2) is 0 Å². The maximum absolute atomic E-state index is 12.6. The summed E-state index contributed by atoms with van der Waals surface area (Å²) >= 11 is 0. The predicted octanol–water partition coefficient (Wildman–Crippen LogP) is 2.80. The molecule has 0 saturated carbocycles. The molecule has 2 aromatic carbocycles. The van der Waals surface area contributed by atoms with Gasteiger partial charge in [0.1, 0.15) is 5.82 Å². The Morgan fingerprint density at radius 3 is 2.39 bits per heavy atom. The summed E-state index contributed by atoms with van der Waals surface area (Å²) in [5.74, 6) is 0.540. The number of hydrogen-bond donors (Lipinski definition) is 0. The van der Waals surface area contributed by atoms with Gasteiger partial charge in [-0.3, -0.25) is 9.59 Å². The molecule has 0 unspecified atom stereocenters. The molecule has 2 aliphatic rings. The van der Waals surface area contributed by atoms with Crippen LogP contribution in [-0.2, 0) is 22.6 Å². The number of rotatable bonds is 5. The largest absolute Gasteiger partial charge is 0.467 e. The molecule has 9 nitrogen and oxygen atoms in total. The van der Waals surface area contributed by atoms with E-state index in [9.17, 15) is 9.59 Å². The number of ether oxygens (including phenoxy) is 1. The van der Waals surface area contributed by atoms with Gasteiger partial charge in [-0.2, -0.15) is 9.97 Å². The Balaban J connectivity index is 1.35. The van der Waals surface area contributed by atoms with Crippen LogP contribution in [0.1, 0.15) is 16.8 Å². The molecule has 0 aliphatic carbocycles. The van der Waals surface area contributed by atoms with Crippen molar-refractivity contribution in [1.82, 2.24) is 19.8 Å². The van der Waals surface area contributed by atoms with Crippen LogP contribution in [0.2, 0.25) is 0 Å². The lowest BCUT2D eigenvalue weighted by Crippen LogP contribution is -2.49. The van der Waals surface area contributed by atoms with E-state index in [0.717, 1.165) is 30.0 Å². The Morgan fingerprint density at radius 2 is 1.68 bits per heavy atom. The zero-order valence-corrected chi connectivity index (χ0v) is 22.5. The van der Waals surface area contributed by atoms with E-state index < -0.39 is 0 Å². The molecule has 1 fully saturated rings. The predicted molar refractivity (Wildman–Crippen MR) is 149 cm³/mol. The summed E-state index contributed by atoms with van der Waals surface area (Å²) in [4.78, 5) is 41.7. The van der Waals surface area contributed by atoms with Gasteiger partial charge < -0.3 is 24.3 Å². The molecule has 0 radical (unpaired) electrons. The summed E-state index contributed by atoms with van der Waals surface area (Å²) in [6.45, 7) is 6.13. The van der Waals surface area contributed by atoms with Crippen LogP contribution in [0.3, 0.4) is 0 Å². The second kappa shape index (κ2) is 10.7. The highest BCUT2D eigenvalue weighted by Gasteiger charge is 2.29. The highest BCUT2D eigenvalue weighted by atomic mass is 16.5. The number of fused-ring (bicyclic) bond motifs is 2. The number of piperazine rings is 1. The van der Waals surface area contributed by atoms with Crippen molar-refractivity contribution in [1.29, 1.82) is 0 Å². The number of hydrogen-bond acceptors (Lipinski definition) is 7. The van der Waals surface area contributed by atoms with Crippen molar-refractivity contribution in [3.63, 3.8) is 0 Å². The quantitative estimate of drug-likeness (QED) is 0.485. The molecular weight excluding hydrogens is 480 g/mol. The van der Waals surface area contributed by atoms with Crippen molar-refractivity contribution in [3.8, 4) is 6.01 Å². The van der Waals surface area contributed by atoms with Crippen molar-refractivity contribution in [2.45, 2.75) is 19.9 Å². The Hall–Kier alpha value is -4.14. The topological polar surface area (TPSA) is 82.1 Å². The zero-order chi connectivity index (χ0) is 26.8. The first-order valence-corrected chi connectivity index (χ1v) is 13.0. The van der Waals surface area contributed by atoms with Crippen LogP contribution in [0.25, 0.3) is 10.8 Å². The fourth-order valence-corrected chi connectivity index (χ4v) is 5.25. The van der Waals surface area contributed by atoms with E-state index in [4.69, 9.17) is 14.7 Å². The van der Waals surface area contributed by atoms with Crippen molar-refractivity contribution >= 4 is 34.1 Å². The number of anilines is 2. The maximum Gasteiger partial charge on any atom is 0.318 e. The Kier molecular flexibility index (Phi) is 7.18. The standard InChI is InChI=1S/C29H34N6O3/c1-20-7-5-8-21-9-6-10-24(27(20)21)35-14-13-22-23(19-35)30-29(38-4)31-28(22)34-17-15-33(16-18-34)26(37)12-11-25(36)32(2)3/h5-12H,13-19H2,1-4H3/b12-11+. The Labute approximate surface area is 223 Å². The number of nitrogens with zero attached hydrogens (tertiary/aromatic N) is 6. The molecule has 0 spiro atoms. The average Bonchev–Trinajstić information content (AvgIpc) is 2.94. The maximum atomic E-state index is 12.6. The van der Waals surface area contributed by atoms with E-state index in [0.29, 0.717) is 38.7 Å². The number of benzene rings is 2. The minimum atomic E-state index is -0.204. The SMILES string of the molecule is COc1nc2c(c(N3CCN(C(=O)/C=C/C(=O)N(C)C)CC3)n1)CCN(c1cccc3cccc(C)c13)C2. The molecule has 0 atom stereocenters. The van der Waals surface area contributed by atoms with Crippen molar-refractivity contribution in [3.05, 3.63) is 65.4 Å². The van der Waals surface area contributed by atoms with Gasteiger partial charge in [0.05, 0.1) is 19.3 Å². The lowest BCUT2D eigenvalue weighted by molar-refractivity contribution is -0.127.